The van der Waals surface area contributed by atoms with Crippen molar-refractivity contribution in [2.75, 3.05) is 44.7 Å². The van der Waals surface area contributed by atoms with E-state index in [-0.39, 0.29) is 11.5 Å². The molecule has 178 valence electrons. The van der Waals surface area contributed by atoms with Crippen molar-refractivity contribution in [2.24, 2.45) is 0 Å². The number of oxazole rings is 1. The summed E-state index contributed by atoms with van der Waals surface area (Å²) in [7, 11) is 0. The van der Waals surface area contributed by atoms with Crippen LogP contribution in [0.2, 0.25) is 0 Å². The summed E-state index contributed by atoms with van der Waals surface area (Å²) in [6, 6.07) is 10.7. The zero-order valence-corrected chi connectivity index (χ0v) is 19.1. The maximum atomic E-state index is 13.7. The van der Waals surface area contributed by atoms with Crippen molar-refractivity contribution in [2.45, 2.75) is 20.0 Å². The third-order valence-electron chi connectivity index (χ3n) is 6.05. The lowest BCUT2D eigenvalue weighted by Crippen LogP contribution is -2.45. The number of hydrogen-bond donors (Lipinski definition) is 1. The zero-order chi connectivity index (χ0) is 23.5. The number of ether oxygens (including phenoxy) is 2. The van der Waals surface area contributed by atoms with Gasteiger partial charge in [-0.2, -0.15) is 0 Å². The highest BCUT2D eigenvalue weighted by atomic mass is 19.1. The fourth-order valence-corrected chi connectivity index (χ4v) is 4.09. The normalized spacial score (nSPS) is 16.4. The third-order valence-corrected chi connectivity index (χ3v) is 6.05. The van der Waals surface area contributed by atoms with Gasteiger partial charge >= 0.3 is 0 Å². The predicted octanol–water partition coefficient (Wildman–Crippen LogP) is 3.46. The molecule has 5 rings (SSSR count). The second-order valence-electron chi connectivity index (χ2n) is 8.57. The number of nitrogens with zero attached hydrogens (tertiary/aromatic N) is 3. The Labute approximate surface area is 197 Å². The van der Waals surface area contributed by atoms with Crippen molar-refractivity contribution in [3.05, 3.63) is 71.2 Å². The van der Waals surface area contributed by atoms with Gasteiger partial charge in [0.05, 0.1) is 6.54 Å². The number of fused-ring (bicyclic) bond motifs is 1. The summed E-state index contributed by atoms with van der Waals surface area (Å²) in [6.45, 7) is 7.82. The second kappa shape index (κ2) is 9.82. The van der Waals surface area contributed by atoms with Crippen LogP contribution in [0.15, 0.2) is 47.1 Å². The van der Waals surface area contributed by atoms with Crippen LogP contribution in [-0.2, 0) is 13.1 Å². The van der Waals surface area contributed by atoms with Gasteiger partial charge in [-0.25, -0.2) is 9.37 Å². The molecule has 0 atom stereocenters. The molecule has 0 unspecified atom stereocenters. The average molecular weight is 467 g/mol. The molecule has 8 nitrogen and oxygen atoms in total. The Hall–Kier alpha value is -3.43. The van der Waals surface area contributed by atoms with E-state index in [0.29, 0.717) is 36.9 Å². The van der Waals surface area contributed by atoms with Crippen LogP contribution in [0.4, 0.5) is 10.1 Å². The number of aromatic nitrogens is 1. The summed E-state index contributed by atoms with van der Waals surface area (Å²) in [4.78, 5) is 21.4. The number of piperazine rings is 1. The van der Waals surface area contributed by atoms with E-state index in [2.05, 4.69) is 32.2 Å². The van der Waals surface area contributed by atoms with Gasteiger partial charge < -0.3 is 19.2 Å². The fourth-order valence-electron chi connectivity index (χ4n) is 4.09. The lowest BCUT2D eigenvalue weighted by Gasteiger charge is -2.34. The molecule has 0 radical (unpaired) electrons. The number of benzene rings is 2. The molecule has 2 aromatic carbocycles. The molecular formula is C25H27FN4O4. The quantitative estimate of drug-likeness (QED) is 0.596. The maximum absolute atomic E-state index is 13.7. The van der Waals surface area contributed by atoms with E-state index >= 15 is 0 Å². The van der Waals surface area contributed by atoms with E-state index in [9.17, 15) is 9.18 Å². The smallest absolute Gasteiger partial charge is 0.277 e. The van der Waals surface area contributed by atoms with E-state index in [1.165, 1.54) is 17.9 Å². The van der Waals surface area contributed by atoms with Crippen LogP contribution in [0.25, 0.3) is 0 Å². The van der Waals surface area contributed by atoms with Gasteiger partial charge in [-0.15, -0.1) is 0 Å². The number of aryl methyl sites for hydroxylation is 1. The van der Waals surface area contributed by atoms with Crippen LogP contribution >= 0.6 is 0 Å². The van der Waals surface area contributed by atoms with Crippen molar-refractivity contribution in [3.63, 3.8) is 0 Å². The van der Waals surface area contributed by atoms with Crippen LogP contribution in [-0.4, -0.2) is 60.1 Å². The Balaban J connectivity index is 1.11. The molecule has 9 heteroatoms. The number of rotatable bonds is 6. The average Bonchev–Trinajstić information content (AvgIpc) is 3.31. The zero-order valence-electron chi connectivity index (χ0n) is 19.1. The van der Waals surface area contributed by atoms with Gasteiger partial charge in [0.2, 0.25) is 5.89 Å². The topological polar surface area (TPSA) is 80.1 Å². The molecule has 2 aliphatic rings. The van der Waals surface area contributed by atoms with Crippen molar-refractivity contribution in [3.8, 4) is 11.5 Å². The number of anilines is 1. The van der Waals surface area contributed by atoms with Crippen LogP contribution in [0.5, 0.6) is 11.5 Å². The van der Waals surface area contributed by atoms with Gasteiger partial charge in [-0.05, 0) is 42.3 Å². The molecule has 1 N–H and O–H groups in total. The van der Waals surface area contributed by atoms with E-state index in [1.807, 2.05) is 6.07 Å². The van der Waals surface area contributed by atoms with Gasteiger partial charge in [0, 0.05) is 38.4 Å². The largest absolute Gasteiger partial charge is 0.486 e. The molecular weight excluding hydrogens is 439 g/mol. The Morgan fingerprint density at radius 2 is 1.74 bits per heavy atom. The van der Waals surface area contributed by atoms with E-state index in [0.717, 1.165) is 44.2 Å². The molecule has 0 spiro atoms. The molecule has 0 saturated carbocycles. The molecule has 3 heterocycles. The van der Waals surface area contributed by atoms with E-state index in [1.54, 1.807) is 19.1 Å². The summed E-state index contributed by atoms with van der Waals surface area (Å²) in [5, 5.41) is 2.65. The Kier molecular flexibility index (Phi) is 6.46. The van der Waals surface area contributed by atoms with Gasteiger partial charge in [0.25, 0.3) is 5.91 Å². The minimum atomic E-state index is -0.428. The first kappa shape index (κ1) is 22.4. The molecule has 34 heavy (non-hydrogen) atoms. The summed E-state index contributed by atoms with van der Waals surface area (Å²) in [5.74, 6) is 1.32. The Bertz CT molecular complexity index is 1170. The molecule has 1 aromatic heterocycles. The van der Waals surface area contributed by atoms with Crippen LogP contribution in [0.1, 0.15) is 27.5 Å². The SMILES string of the molecule is Cc1ccc(NC(=O)c2coc(CN3CCN(Cc4ccc5c(c4)OCCO5)CC3)n2)cc1F. The lowest BCUT2D eigenvalue weighted by molar-refractivity contribution is 0.102. The Morgan fingerprint density at radius 1 is 1.00 bits per heavy atom. The van der Waals surface area contributed by atoms with Crippen molar-refractivity contribution < 1.29 is 23.1 Å². The minimum absolute atomic E-state index is 0.174. The highest BCUT2D eigenvalue weighted by Crippen LogP contribution is 2.31. The second-order valence-corrected chi connectivity index (χ2v) is 8.57. The molecule has 1 fully saturated rings. The fraction of sp³-hybridized carbons (Fsp3) is 0.360. The molecule has 0 aliphatic carbocycles. The van der Waals surface area contributed by atoms with Crippen LogP contribution in [0.3, 0.4) is 0 Å². The highest BCUT2D eigenvalue weighted by Gasteiger charge is 2.21. The summed E-state index contributed by atoms with van der Waals surface area (Å²) in [5.41, 5.74) is 2.28. The van der Waals surface area contributed by atoms with Gasteiger partial charge in [-0.1, -0.05) is 12.1 Å². The van der Waals surface area contributed by atoms with Crippen molar-refractivity contribution in [1.82, 2.24) is 14.8 Å². The first-order valence-corrected chi connectivity index (χ1v) is 11.4. The first-order valence-electron chi connectivity index (χ1n) is 11.4. The van der Waals surface area contributed by atoms with E-state index < -0.39 is 5.91 Å². The number of carbonyl (C=O) groups excluding carboxylic acids is 1. The van der Waals surface area contributed by atoms with Gasteiger partial charge in [0.15, 0.2) is 17.2 Å². The lowest BCUT2D eigenvalue weighted by atomic mass is 10.1. The first-order chi connectivity index (χ1) is 16.5. The van der Waals surface area contributed by atoms with Crippen LogP contribution in [0, 0.1) is 12.7 Å². The summed E-state index contributed by atoms with van der Waals surface area (Å²) >= 11 is 0. The summed E-state index contributed by atoms with van der Waals surface area (Å²) < 4.78 is 30.5. The van der Waals surface area contributed by atoms with Gasteiger partial charge in [-0.3, -0.25) is 14.6 Å². The third kappa shape index (κ3) is 5.21. The van der Waals surface area contributed by atoms with Crippen molar-refractivity contribution >= 4 is 11.6 Å². The molecule has 1 amide bonds. The predicted molar refractivity (Wildman–Crippen MR) is 124 cm³/mol. The number of carbonyl (C=O) groups is 1. The van der Waals surface area contributed by atoms with Crippen LogP contribution < -0.4 is 14.8 Å². The molecule has 1 saturated heterocycles. The highest BCUT2D eigenvalue weighted by molar-refractivity contribution is 6.02. The molecule has 2 aliphatic heterocycles. The number of halogens is 1. The molecule has 0 bridgehead atoms. The standard InChI is InChI=1S/C25H27FN4O4/c1-17-2-4-19(13-20(17)26)27-25(31)21-16-34-24(28-21)15-30-8-6-29(7-9-30)14-18-3-5-22-23(12-18)33-11-10-32-22/h2-5,12-13,16H,6-11,14-15H2,1H3,(H,27,31). The molecule has 3 aromatic rings. The monoisotopic (exact) mass is 466 g/mol. The number of amides is 1. The number of nitrogens with one attached hydrogen (secondary N) is 1. The minimum Gasteiger partial charge on any atom is -0.486 e. The van der Waals surface area contributed by atoms with Crippen molar-refractivity contribution in [1.29, 1.82) is 0 Å². The number of hydrogen-bond acceptors (Lipinski definition) is 7. The van der Waals surface area contributed by atoms with E-state index in [4.69, 9.17) is 13.9 Å². The maximum Gasteiger partial charge on any atom is 0.277 e. The Morgan fingerprint density at radius 3 is 2.50 bits per heavy atom. The summed E-state index contributed by atoms with van der Waals surface area (Å²) in [6.07, 6.45) is 1.34. The van der Waals surface area contributed by atoms with Gasteiger partial charge in [0.1, 0.15) is 25.3 Å².